The molecule has 27 heavy (non-hydrogen) atoms. The lowest BCUT2D eigenvalue weighted by Crippen LogP contribution is -2.26. The summed E-state index contributed by atoms with van der Waals surface area (Å²) in [4.78, 5) is 4.56. The van der Waals surface area contributed by atoms with Gasteiger partial charge in [-0.2, -0.15) is 9.29 Å². The van der Waals surface area contributed by atoms with Crippen molar-refractivity contribution in [3.8, 4) is 11.4 Å². The molecule has 1 aromatic heterocycles. The van der Waals surface area contributed by atoms with Gasteiger partial charge in [-0.05, 0) is 23.1 Å². The molecule has 0 radical (unpaired) electrons. The van der Waals surface area contributed by atoms with E-state index < -0.39 is 10.0 Å². The maximum Gasteiger partial charge on any atom is 0.243 e. The molecule has 2 aromatic carbocycles. The van der Waals surface area contributed by atoms with Gasteiger partial charge in [0.2, 0.25) is 21.7 Å². The highest BCUT2D eigenvalue weighted by molar-refractivity contribution is 7.89. The normalized spacial score (nSPS) is 12.5. The van der Waals surface area contributed by atoms with E-state index in [0.29, 0.717) is 5.82 Å². The standard InChI is InChI=1S/C20H23N3O3S/c1-20(2,3)16-12-10-15(11-13-16)19-21-18(26-22-19)14-23(4)27(24,25)17-8-6-5-7-9-17/h5-13H,14H2,1-4H3. The van der Waals surface area contributed by atoms with Gasteiger partial charge in [0.1, 0.15) is 0 Å². The average Bonchev–Trinajstić information content (AvgIpc) is 3.10. The Hall–Kier alpha value is -2.51. The molecule has 0 saturated carbocycles. The van der Waals surface area contributed by atoms with Crippen molar-refractivity contribution in [2.24, 2.45) is 0 Å². The highest BCUT2D eigenvalue weighted by atomic mass is 32.2. The molecule has 0 fully saturated rings. The Morgan fingerprint density at radius 3 is 2.22 bits per heavy atom. The molecule has 0 spiro atoms. The lowest BCUT2D eigenvalue weighted by atomic mass is 9.87. The maximum absolute atomic E-state index is 12.6. The van der Waals surface area contributed by atoms with Gasteiger partial charge in [-0.3, -0.25) is 0 Å². The molecule has 3 rings (SSSR count). The van der Waals surface area contributed by atoms with Gasteiger partial charge >= 0.3 is 0 Å². The van der Waals surface area contributed by atoms with E-state index in [1.54, 1.807) is 30.3 Å². The molecule has 142 valence electrons. The smallest absolute Gasteiger partial charge is 0.243 e. The van der Waals surface area contributed by atoms with Gasteiger partial charge in [0.25, 0.3) is 0 Å². The molecule has 0 N–H and O–H groups in total. The van der Waals surface area contributed by atoms with Gasteiger partial charge in [-0.1, -0.05) is 68.4 Å². The van der Waals surface area contributed by atoms with E-state index >= 15 is 0 Å². The molecule has 7 heteroatoms. The first kappa shape index (κ1) is 19.3. The van der Waals surface area contributed by atoms with Crippen molar-refractivity contribution in [3.63, 3.8) is 0 Å². The van der Waals surface area contributed by atoms with Crippen LogP contribution in [0.4, 0.5) is 0 Å². The molecule has 6 nitrogen and oxygen atoms in total. The lowest BCUT2D eigenvalue weighted by molar-refractivity contribution is 0.337. The summed E-state index contributed by atoms with van der Waals surface area (Å²) in [5.74, 6) is 0.683. The van der Waals surface area contributed by atoms with Gasteiger partial charge in [0.05, 0.1) is 11.4 Å². The molecule has 1 heterocycles. The van der Waals surface area contributed by atoms with Crippen molar-refractivity contribution >= 4 is 10.0 Å². The van der Waals surface area contributed by atoms with E-state index in [2.05, 4.69) is 30.9 Å². The topological polar surface area (TPSA) is 76.3 Å². The van der Waals surface area contributed by atoms with E-state index in [-0.39, 0.29) is 22.7 Å². The summed E-state index contributed by atoms with van der Waals surface area (Å²) >= 11 is 0. The molecular weight excluding hydrogens is 362 g/mol. The Morgan fingerprint density at radius 2 is 1.63 bits per heavy atom. The van der Waals surface area contributed by atoms with E-state index in [1.165, 1.54) is 16.9 Å². The summed E-state index contributed by atoms with van der Waals surface area (Å²) in [6.07, 6.45) is 0. The molecule has 0 bridgehead atoms. The molecule has 0 aliphatic carbocycles. The molecule has 3 aromatic rings. The number of hydrogen-bond donors (Lipinski definition) is 0. The second-order valence-electron chi connectivity index (χ2n) is 7.41. The van der Waals surface area contributed by atoms with Gasteiger partial charge < -0.3 is 4.52 Å². The van der Waals surface area contributed by atoms with Crippen molar-refractivity contribution in [2.45, 2.75) is 37.6 Å². The van der Waals surface area contributed by atoms with Crippen LogP contribution in [0, 0.1) is 0 Å². The van der Waals surface area contributed by atoms with Crippen LogP contribution in [0.5, 0.6) is 0 Å². The van der Waals surface area contributed by atoms with Gasteiger partial charge in [0, 0.05) is 12.6 Å². The van der Waals surface area contributed by atoms with Crippen LogP contribution < -0.4 is 0 Å². The number of aromatic nitrogens is 2. The monoisotopic (exact) mass is 385 g/mol. The third-order valence-electron chi connectivity index (χ3n) is 4.29. The van der Waals surface area contributed by atoms with Crippen LogP contribution in [0.1, 0.15) is 32.2 Å². The second-order valence-corrected chi connectivity index (χ2v) is 9.46. The van der Waals surface area contributed by atoms with Crippen LogP contribution in [0.3, 0.4) is 0 Å². The number of hydrogen-bond acceptors (Lipinski definition) is 5. The van der Waals surface area contributed by atoms with E-state index in [9.17, 15) is 8.42 Å². The zero-order valence-corrected chi connectivity index (χ0v) is 16.7. The predicted molar refractivity (Wildman–Crippen MR) is 104 cm³/mol. The van der Waals surface area contributed by atoms with Crippen LogP contribution in [-0.2, 0) is 22.0 Å². The van der Waals surface area contributed by atoms with Crippen molar-refractivity contribution in [3.05, 3.63) is 66.1 Å². The summed E-state index contributed by atoms with van der Waals surface area (Å²) in [5.41, 5.74) is 2.10. The first-order chi connectivity index (χ1) is 12.7. The first-order valence-corrected chi connectivity index (χ1v) is 10.1. The number of nitrogens with zero attached hydrogens (tertiary/aromatic N) is 3. The largest absolute Gasteiger partial charge is 0.338 e. The van der Waals surface area contributed by atoms with E-state index in [0.717, 1.165) is 5.56 Å². The zero-order chi connectivity index (χ0) is 19.7. The maximum atomic E-state index is 12.6. The van der Waals surface area contributed by atoms with Crippen LogP contribution in [0.15, 0.2) is 64.0 Å². The van der Waals surface area contributed by atoms with Gasteiger partial charge in [-0.15, -0.1) is 0 Å². The Balaban J connectivity index is 1.76. The highest BCUT2D eigenvalue weighted by Crippen LogP contribution is 2.25. The third-order valence-corrected chi connectivity index (χ3v) is 6.10. The molecule has 0 unspecified atom stereocenters. The quantitative estimate of drug-likeness (QED) is 0.667. The number of rotatable bonds is 5. The predicted octanol–water partition coefficient (Wildman–Crippen LogP) is 3.85. The molecule has 0 aliphatic heterocycles. The van der Waals surface area contributed by atoms with Gasteiger partial charge in [-0.25, -0.2) is 8.42 Å². The SMILES string of the molecule is CN(Cc1nc(-c2ccc(C(C)(C)C)cc2)no1)S(=O)(=O)c1ccccc1. The molecule has 0 saturated heterocycles. The minimum Gasteiger partial charge on any atom is -0.338 e. The van der Waals surface area contributed by atoms with Crippen LogP contribution in [0.25, 0.3) is 11.4 Å². The fourth-order valence-electron chi connectivity index (χ4n) is 2.60. The Morgan fingerprint density at radius 1 is 1.00 bits per heavy atom. The Labute approximate surface area is 159 Å². The van der Waals surface area contributed by atoms with Crippen LogP contribution in [0.2, 0.25) is 0 Å². The summed E-state index contributed by atoms with van der Waals surface area (Å²) in [6, 6.07) is 16.2. The minimum atomic E-state index is -3.61. The van der Waals surface area contributed by atoms with Crippen molar-refractivity contribution in [1.29, 1.82) is 0 Å². The fraction of sp³-hybridized carbons (Fsp3) is 0.300. The minimum absolute atomic E-state index is 0.00427. The Bertz CT molecular complexity index is 1000. The van der Waals surface area contributed by atoms with Gasteiger partial charge in [0.15, 0.2) is 0 Å². The van der Waals surface area contributed by atoms with Crippen molar-refractivity contribution in [1.82, 2.24) is 14.4 Å². The Kier molecular flexibility index (Phi) is 5.17. The van der Waals surface area contributed by atoms with Crippen molar-refractivity contribution < 1.29 is 12.9 Å². The van der Waals surface area contributed by atoms with Crippen LogP contribution in [-0.4, -0.2) is 29.9 Å². The fourth-order valence-corrected chi connectivity index (χ4v) is 3.74. The molecular formula is C20H23N3O3S. The summed E-state index contributed by atoms with van der Waals surface area (Å²) in [5, 5.41) is 3.98. The first-order valence-electron chi connectivity index (χ1n) is 8.63. The molecule has 0 amide bonds. The zero-order valence-electron chi connectivity index (χ0n) is 15.9. The van der Waals surface area contributed by atoms with E-state index in [1.807, 2.05) is 24.3 Å². The molecule has 0 aliphatic rings. The number of benzene rings is 2. The lowest BCUT2D eigenvalue weighted by Gasteiger charge is -2.18. The third kappa shape index (κ3) is 4.26. The summed E-state index contributed by atoms with van der Waals surface area (Å²) < 4.78 is 31.6. The van der Waals surface area contributed by atoms with E-state index in [4.69, 9.17) is 4.52 Å². The summed E-state index contributed by atoms with van der Waals surface area (Å²) in [6.45, 7) is 6.46. The average molecular weight is 385 g/mol. The highest BCUT2D eigenvalue weighted by Gasteiger charge is 2.23. The number of sulfonamides is 1. The van der Waals surface area contributed by atoms with Crippen LogP contribution >= 0.6 is 0 Å². The second kappa shape index (κ2) is 7.25. The molecule has 0 atom stereocenters. The van der Waals surface area contributed by atoms with Crippen molar-refractivity contribution in [2.75, 3.05) is 7.05 Å². The summed E-state index contributed by atoms with van der Waals surface area (Å²) in [7, 11) is -2.12.